The van der Waals surface area contributed by atoms with Crippen molar-refractivity contribution in [1.29, 1.82) is 0 Å². The smallest absolute Gasteiger partial charge is 0.408 e. The molecule has 0 aromatic heterocycles. The molecule has 3 amide bonds. The van der Waals surface area contributed by atoms with Gasteiger partial charge < -0.3 is 15.4 Å². The molecule has 1 aromatic carbocycles. The van der Waals surface area contributed by atoms with Gasteiger partial charge in [0, 0.05) is 18.2 Å². The van der Waals surface area contributed by atoms with Crippen LogP contribution in [0.1, 0.15) is 84.4 Å². The quantitative estimate of drug-likeness (QED) is 0.279. The zero-order valence-electron chi connectivity index (χ0n) is 21.8. The summed E-state index contributed by atoms with van der Waals surface area (Å²) in [5.41, 5.74) is 0.417. The molecule has 0 aliphatic carbocycles. The fraction of sp³-hybridized carbons (Fsp3) is 0.536. The molecular formula is C28H39N3O4. The molecule has 0 bridgehead atoms. The number of unbranched alkanes of at least 4 members (excludes halogenated alkanes) is 2. The summed E-state index contributed by atoms with van der Waals surface area (Å²) in [6.07, 6.45) is 13.9. The van der Waals surface area contributed by atoms with Gasteiger partial charge in [-0.05, 0) is 50.8 Å². The zero-order chi connectivity index (χ0) is 26.6. The highest BCUT2D eigenvalue weighted by Gasteiger charge is 2.37. The molecule has 1 aromatic rings. The molecule has 0 radical (unpaired) electrons. The average molecular weight is 482 g/mol. The predicted octanol–water partition coefficient (Wildman–Crippen LogP) is 4.37. The van der Waals surface area contributed by atoms with Gasteiger partial charge in [-0.2, -0.15) is 0 Å². The topological polar surface area (TPSA) is 87.7 Å². The number of terminal acetylenes is 2. The molecule has 0 saturated heterocycles. The molecule has 0 saturated carbocycles. The summed E-state index contributed by atoms with van der Waals surface area (Å²) in [6.45, 7) is 11.5. The lowest BCUT2D eigenvalue weighted by atomic mass is 9.96. The molecule has 7 nitrogen and oxygen atoms in total. The van der Waals surface area contributed by atoms with E-state index in [0.717, 1.165) is 24.2 Å². The summed E-state index contributed by atoms with van der Waals surface area (Å²) in [6, 6.07) is 7.06. The molecule has 3 atom stereocenters. The normalized spacial score (nSPS) is 13.4. The van der Waals surface area contributed by atoms with Crippen molar-refractivity contribution in [2.75, 3.05) is 6.54 Å². The van der Waals surface area contributed by atoms with Crippen LogP contribution in [0, 0.1) is 30.7 Å². The SMILES string of the molecule is C#Cc1ccc(C(C(=O)NCCCCC)N(C#C)C(=O)C(NC(=O)OC(C)(C)C)C(C)CC)cc1. The van der Waals surface area contributed by atoms with Crippen LogP contribution in [-0.2, 0) is 14.3 Å². The highest BCUT2D eigenvalue weighted by Crippen LogP contribution is 2.24. The predicted molar refractivity (Wildman–Crippen MR) is 138 cm³/mol. The number of hydrogen-bond donors (Lipinski definition) is 2. The van der Waals surface area contributed by atoms with Crippen LogP contribution in [0.4, 0.5) is 4.79 Å². The Morgan fingerprint density at radius 3 is 2.20 bits per heavy atom. The summed E-state index contributed by atoms with van der Waals surface area (Å²) in [7, 11) is 0. The van der Waals surface area contributed by atoms with E-state index in [1.165, 1.54) is 0 Å². The second-order valence-corrected chi connectivity index (χ2v) is 9.51. The van der Waals surface area contributed by atoms with Gasteiger partial charge in [-0.1, -0.05) is 64.5 Å². The van der Waals surface area contributed by atoms with E-state index >= 15 is 0 Å². The van der Waals surface area contributed by atoms with E-state index in [-0.39, 0.29) is 5.92 Å². The van der Waals surface area contributed by atoms with E-state index < -0.39 is 35.6 Å². The maximum absolute atomic E-state index is 13.7. The fourth-order valence-electron chi connectivity index (χ4n) is 3.40. The first kappa shape index (κ1) is 29.6. The summed E-state index contributed by atoms with van der Waals surface area (Å²) in [4.78, 5) is 40.5. The molecular weight excluding hydrogens is 442 g/mol. The van der Waals surface area contributed by atoms with Gasteiger partial charge in [0.25, 0.3) is 5.91 Å². The minimum atomic E-state index is -1.09. The first-order valence-electron chi connectivity index (χ1n) is 12.1. The molecule has 0 heterocycles. The van der Waals surface area contributed by atoms with Crippen LogP contribution in [0.5, 0.6) is 0 Å². The molecule has 0 aliphatic rings. The third-order valence-corrected chi connectivity index (χ3v) is 5.51. The molecule has 0 aliphatic heterocycles. The van der Waals surface area contributed by atoms with Crippen molar-refractivity contribution in [3.05, 3.63) is 35.4 Å². The molecule has 2 N–H and O–H groups in total. The van der Waals surface area contributed by atoms with Crippen molar-refractivity contribution in [2.24, 2.45) is 5.92 Å². The van der Waals surface area contributed by atoms with E-state index in [4.69, 9.17) is 17.6 Å². The maximum Gasteiger partial charge on any atom is 0.408 e. The molecule has 7 heteroatoms. The van der Waals surface area contributed by atoms with Gasteiger partial charge in [0.05, 0.1) is 0 Å². The van der Waals surface area contributed by atoms with E-state index in [0.29, 0.717) is 24.1 Å². The van der Waals surface area contributed by atoms with Gasteiger partial charge in [-0.25, -0.2) is 4.79 Å². The number of amides is 3. The number of benzene rings is 1. The lowest BCUT2D eigenvalue weighted by Crippen LogP contribution is -2.54. The van der Waals surface area contributed by atoms with E-state index in [1.807, 2.05) is 13.8 Å². The molecule has 0 spiro atoms. The fourth-order valence-corrected chi connectivity index (χ4v) is 3.40. The maximum atomic E-state index is 13.7. The number of nitrogens with one attached hydrogen (secondary N) is 2. The summed E-state index contributed by atoms with van der Waals surface area (Å²) >= 11 is 0. The first-order chi connectivity index (χ1) is 16.5. The molecule has 35 heavy (non-hydrogen) atoms. The van der Waals surface area contributed by atoms with Gasteiger partial charge in [0.1, 0.15) is 17.7 Å². The lowest BCUT2D eigenvalue weighted by molar-refractivity contribution is -0.139. The van der Waals surface area contributed by atoms with Crippen molar-refractivity contribution in [1.82, 2.24) is 15.5 Å². The standard InChI is InChI=1S/C28H39N3O4/c1-9-13-14-19-29-25(32)24(22-17-15-21(11-3)16-18-22)31(12-4)26(33)23(20(5)10-2)30-27(34)35-28(6,7)8/h3-4,15-18,20,23-24H,9-10,13-14,19H2,1-2,5-8H3,(H,29,32)(H,30,34). The minimum absolute atomic E-state index is 0.261. The van der Waals surface area contributed by atoms with Crippen molar-refractivity contribution >= 4 is 17.9 Å². The zero-order valence-corrected chi connectivity index (χ0v) is 21.8. The summed E-state index contributed by atoms with van der Waals surface area (Å²) in [5, 5.41) is 5.54. The second kappa shape index (κ2) is 14.1. The van der Waals surface area contributed by atoms with Crippen molar-refractivity contribution in [2.45, 2.75) is 84.9 Å². The van der Waals surface area contributed by atoms with Crippen LogP contribution in [-0.4, -0.2) is 41.0 Å². The van der Waals surface area contributed by atoms with Crippen LogP contribution in [0.15, 0.2) is 24.3 Å². The largest absolute Gasteiger partial charge is 0.444 e. The Hall–Kier alpha value is -3.45. The number of ether oxygens (including phenoxy) is 1. The number of carbonyl (C=O) groups excluding carboxylic acids is 3. The van der Waals surface area contributed by atoms with Crippen molar-refractivity contribution < 1.29 is 19.1 Å². The van der Waals surface area contributed by atoms with Crippen LogP contribution < -0.4 is 10.6 Å². The number of nitrogens with zero attached hydrogens (tertiary/aromatic N) is 1. The van der Waals surface area contributed by atoms with Crippen molar-refractivity contribution in [3.63, 3.8) is 0 Å². The van der Waals surface area contributed by atoms with Gasteiger partial charge >= 0.3 is 6.09 Å². The number of alkyl carbamates (subject to hydrolysis) is 1. The highest BCUT2D eigenvalue weighted by molar-refractivity contribution is 5.93. The van der Waals surface area contributed by atoms with Gasteiger partial charge in [0.2, 0.25) is 5.91 Å². The third-order valence-electron chi connectivity index (χ3n) is 5.51. The van der Waals surface area contributed by atoms with Crippen LogP contribution in [0.3, 0.4) is 0 Å². The molecule has 0 fully saturated rings. The van der Waals surface area contributed by atoms with Crippen LogP contribution in [0.25, 0.3) is 0 Å². The lowest BCUT2D eigenvalue weighted by Gasteiger charge is -2.32. The third kappa shape index (κ3) is 9.37. The molecule has 3 unspecified atom stereocenters. The molecule has 190 valence electrons. The number of rotatable bonds is 11. The Morgan fingerprint density at radius 1 is 1.09 bits per heavy atom. The van der Waals surface area contributed by atoms with Crippen LogP contribution >= 0.6 is 0 Å². The first-order valence-corrected chi connectivity index (χ1v) is 12.1. The van der Waals surface area contributed by atoms with E-state index in [9.17, 15) is 14.4 Å². The van der Waals surface area contributed by atoms with Crippen molar-refractivity contribution in [3.8, 4) is 24.8 Å². The van der Waals surface area contributed by atoms with Gasteiger partial charge in [-0.15, -0.1) is 6.42 Å². The van der Waals surface area contributed by atoms with E-state index in [1.54, 1.807) is 45.0 Å². The summed E-state index contributed by atoms with van der Waals surface area (Å²) < 4.78 is 5.35. The Labute approximate surface area is 210 Å². The Morgan fingerprint density at radius 2 is 1.71 bits per heavy atom. The van der Waals surface area contributed by atoms with Gasteiger partial charge in [-0.3, -0.25) is 14.5 Å². The monoisotopic (exact) mass is 481 g/mol. The Kier molecular flexibility index (Phi) is 11.9. The minimum Gasteiger partial charge on any atom is -0.444 e. The highest BCUT2D eigenvalue weighted by atomic mass is 16.6. The number of hydrogen-bond acceptors (Lipinski definition) is 4. The Bertz CT molecular complexity index is 935. The number of carbonyl (C=O) groups is 3. The molecule has 1 rings (SSSR count). The van der Waals surface area contributed by atoms with Crippen LogP contribution in [0.2, 0.25) is 0 Å². The Balaban J connectivity index is 3.34. The van der Waals surface area contributed by atoms with Gasteiger partial charge in [0.15, 0.2) is 0 Å². The average Bonchev–Trinajstić information content (AvgIpc) is 2.81. The summed E-state index contributed by atoms with van der Waals surface area (Å²) in [5.74, 6) is 1.30. The second-order valence-electron chi connectivity index (χ2n) is 9.51. The van der Waals surface area contributed by atoms with E-state index in [2.05, 4.69) is 29.5 Å².